The molecule has 3 aromatic rings. The number of nitrogens with zero attached hydrogens (tertiary/aromatic N) is 4. The van der Waals surface area contributed by atoms with Crippen LogP contribution in [-0.2, 0) is 19.5 Å². The highest BCUT2D eigenvalue weighted by atomic mass is 32.1. The van der Waals surface area contributed by atoms with Crippen molar-refractivity contribution in [2.75, 3.05) is 6.54 Å². The van der Waals surface area contributed by atoms with Gasteiger partial charge in [-0.3, -0.25) is 9.69 Å². The molecule has 0 bridgehead atoms. The van der Waals surface area contributed by atoms with Crippen molar-refractivity contribution in [1.82, 2.24) is 19.5 Å². The highest BCUT2D eigenvalue weighted by Crippen LogP contribution is 2.21. The van der Waals surface area contributed by atoms with Crippen LogP contribution in [0.1, 0.15) is 21.8 Å². The minimum absolute atomic E-state index is 0.103. The molecule has 0 spiro atoms. The molecular formula is C16H16N4OS. The maximum Gasteiger partial charge on any atom is 0.275 e. The van der Waals surface area contributed by atoms with Crippen LogP contribution in [0.5, 0.6) is 0 Å². The van der Waals surface area contributed by atoms with Crippen LogP contribution in [0.2, 0.25) is 0 Å². The van der Waals surface area contributed by atoms with Crippen LogP contribution in [0.4, 0.5) is 0 Å². The number of hydrogen-bond acceptors (Lipinski definition) is 5. The van der Waals surface area contributed by atoms with Gasteiger partial charge in [0.2, 0.25) is 4.96 Å². The van der Waals surface area contributed by atoms with Gasteiger partial charge in [0.15, 0.2) is 0 Å². The topological polar surface area (TPSA) is 50.5 Å². The van der Waals surface area contributed by atoms with Gasteiger partial charge < -0.3 is 0 Å². The number of aryl methyl sites for hydroxylation is 1. The number of aromatic nitrogens is 3. The molecule has 0 atom stereocenters. The first-order valence-electron chi connectivity index (χ1n) is 7.34. The lowest BCUT2D eigenvalue weighted by molar-refractivity contribution is 0.244. The molecule has 1 aliphatic rings. The van der Waals surface area contributed by atoms with Crippen molar-refractivity contribution in [3.05, 3.63) is 62.5 Å². The second kappa shape index (κ2) is 5.30. The molecular weight excluding hydrogens is 296 g/mol. The van der Waals surface area contributed by atoms with Crippen LogP contribution in [0.25, 0.3) is 4.96 Å². The highest BCUT2D eigenvalue weighted by Gasteiger charge is 2.18. The SMILES string of the molecule is Cc1cc(=O)n2nc(CN3CCc4ccccc4C3)sc2n1. The molecule has 2 aromatic heterocycles. The van der Waals surface area contributed by atoms with Crippen LogP contribution < -0.4 is 5.56 Å². The Morgan fingerprint density at radius 1 is 1.27 bits per heavy atom. The molecule has 0 saturated heterocycles. The third-order valence-corrected chi connectivity index (χ3v) is 4.88. The maximum absolute atomic E-state index is 11.9. The van der Waals surface area contributed by atoms with E-state index in [0.717, 1.165) is 36.8 Å². The average Bonchev–Trinajstić information content (AvgIpc) is 2.90. The number of rotatable bonds is 2. The maximum atomic E-state index is 11.9. The molecule has 4 rings (SSSR count). The lowest BCUT2D eigenvalue weighted by Gasteiger charge is -2.27. The first-order chi connectivity index (χ1) is 10.7. The average molecular weight is 312 g/mol. The fourth-order valence-corrected chi connectivity index (χ4v) is 3.89. The van der Waals surface area contributed by atoms with E-state index in [0.29, 0.717) is 4.96 Å². The van der Waals surface area contributed by atoms with Gasteiger partial charge >= 0.3 is 0 Å². The summed E-state index contributed by atoms with van der Waals surface area (Å²) < 4.78 is 1.41. The molecule has 6 heteroatoms. The van der Waals surface area contributed by atoms with Gasteiger partial charge in [-0.05, 0) is 24.5 Å². The van der Waals surface area contributed by atoms with Gasteiger partial charge in [-0.25, -0.2) is 4.98 Å². The minimum atomic E-state index is -0.103. The van der Waals surface area contributed by atoms with Gasteiger partial charge in [0.1, 0.15) is 5.01 Å². The van der Waals surface area contributed by atoms with Crippen LogP contribution >= 0.6 is 11.3 Å². The summed E-state index contributed by atoms with van der Waals surface area (Å²) in [5, 5.41) is 5.36. The van der Waals surface area contributed by atoms with E-state index in [1.165, 1.54) is 33.0 Å². The second-order valence-electron chi connectivity index (χ2n) is 5.66. The zero-order chi connectivity index (χ0) is 15.1. The summed E-state index contributed by atoms with van der Waals surface area (Å²) in [5.74, 6) is 0. The van der Waals surface area contributed by atoms with E-state index in [9.17, 15) is 4.79 Å². The Kier molecular flexibility index (Phi) is 3.28. The standard InChI is InChI=1S/C16H16N4OS/c1-11-8-15(21)20-16(17-11)22-14(18-20)10-19-7-6-12-4-2-3-5-13(12)9-19/h2-5,8H,6-7,9-10H2,1H3. The Morgan fingerprint density at radius 2 is 2.09 bits per heavy atom. The monoisotopic (exact) mass is 312 g/mol. The molecule has 5 nitrogen and oxygen atoms in total. The van der Waals surface area contributed by atoms with Crippen molar-refractivity contribution >= 4 is 16.3 Å². The van der Waals surface area contributed by atoms with Crippen molar-refractivity contribution in [1.29, 1.82) is 0 Å². The van der Waals surface area contributed by atoms with Gasteiger partial charge in [0.05, 0.1) is 6.54 Å². The molecule has 0 radical (unpaired) electrons. The Hall–Kier alpha value is -2.05. The Morgan fingerprint density at radius 3 is 2.95 bits per heavy atom. The Bertz CT molecular complexity index is 899. The van der Waals surface area contributed by atoms with E-state index in [1.807, 2.05) is 6.92 Å². The first kappa shape index (κ1) is 13.6. The molecule has 0 fully saturated rings. The van der Waals surface area contributed by atoms with Gasteiger partial charge in [-0.2, -0.15) is 9.61 Å². The van der Waals surface area contributed by atoms with Crippen LogP contribution in [0.15, 0.2) is 35.1 Å². The highest BCUT2D eigenvalue weighted by molar-refractivity contribution is 7.16. The molecule has 0 saturated carbocycles. The molecule has 1 aromatic carbocycles. The molecule has 0 N–H and O–H groups in total. The summed E-state index contributed by atoms with van der Waals surface area (Å²) in [5.41, 5.74) is 3.47. The summed E-state index contributed by atoms with van der Waals surface area (Å²) in [6.45, 7) is 4.56. The summed E-state index contributed by atoms with van der Waals surface area (Å²) in [7, 11) is 0. The number of hydrogen-bond donors (Lipinski definition) is 0. The first-order valence-corrected chi connectivity index (χ1v) is 8.16. The van der Waals surface area contributed by atoms with E-state index in [1.54, 1.807) is 0 Å². The predicted octanol–water partition coefficient (Wildman–Crippen LogP) is 2.02. The lowest BCUT2D eigenvalue weighted by Crippen LogP contribution is -2.30. The second-order valence-corrected chi connectivity index (χ2v) is 6.70. The van der Waals surface area contributed by atoms with E-state index in [2.05, 4.69) is 39.2 Å². The molecule has 0 amide bonds. The summed E-state index contributed by atoms with van der Waals surface area (Å²) in [6.07, 6.45) is 1.07. The van der Waals surface area contributed by atoms with E-state index in [4.69, 9.17) is 0 Å². The third-order valence-electron chi connectivity index (χ3n) is 3.98. The van der Waals surface area contributed by atoms with Crippen molar-refractivity contribution < 1.29 is 0 Å². The number of benzene rings is 1. The van der Waals surface area contributed by atoms with Crippen molar-refractivity contribution in [3.63, 3.8) is 0 Å². The summed E-state index contributed by atoms with van der Waals surface area (Å²) in [6, 6.07) is 10.1. The molecule has 1 aliphatic heterocycles. The lowest BCUT2D eigenvalue weighted by atomic mass is 10.0. The molecule has 3 heterocycles. The predicted molar refractivity (Wildman–Crippen MR) is 86.1 cm³/mol. The minimum Gasteiger partial charge on any atom is -0.292 e. The molecule has 0 aliphatic carbocycles. The Labute approximate surface area is 131 Å². The fraction of sp³-hybridized carbons (Fsp3) is 0.312. The fourth-order valence-electron chi connectivity index (χ4n) is 2.90. The van der Waals surface area contributed by atoms with Crippen LogP contribution in [0.3, 0.4) is 0 Å². The van der Waals surface area contributed by atoms with E-state index >= 15 is 0 Å². The third kappa shape index (κ3) is 2.44. The van der Waals surface area contributed by atoms with Crippen LogP contribution in [-0.4, -0.2) is 26.0 Å². The Balaban J connectivity index is 1.60. The largest absolute Gasteiger partial charge is 0.292 e. The summed E-state index contributed by atoms with van der Waals surface area (Å²) >= 11 is 1.50. The van der Waals surface area contributed by atoms with Crippen LogP contribution in [0, 0.1) is 6.92 Å². The summed E-state index contributed by atoms with van der Waals surface area (Å²) in [4.78, 5) is 19.4. The van der Waals surface area contributed by atoms with E-state index < -0.39 is 0 Å². The van der Waals surface area contributed by atoms with Crippen molar-refractivity contribution in [2.45, 2.75) is 26.4 Å². The zero-order valence-electron chi connectivity index (χ0n) is 12.3. The van der Waals surface area contributed by atoms with Crippen molar-refractivity contribution in [3.8, 4) is 0 Å². The van der Waals surface area contributed by atoms with Gasteiger partial charge in [0.25, 0.3) is 5.56 Å². The molecule has 0 unspecified atom stereocenters. The molecule has 112 valence electrons. The number of fused-ring (bicyclic) bond motifs is 2. The van der Waals surface area contributed by atoms with Gasteiger partial charge in [0, 0.05) is 24.8 Å². The van der Waals surface area contributed by atoms with Gasteiger partial charge in [-0.15, -0.1) is 0 Å². The van der Waals surface area contributed by atoms with E-state index in [-0.39, 0.29) is 5.56 Å². The quantitative estimate of drug-likeness (QED) is 0.726. The zero-order valence-corrected chi connectivity index (χ0v) is 13.1. The molecule has 22 heavy (non-hydrogen) atoms. The van der Waals surface area contributed by atoms with Gasteiger partial charge in [-0.1, -0.05) is 35.6 Å². The smallest absolute Gasteiger partial charge is 0.275 e. The normalized spacial score (nSPS) is 15.1. The van der Waals surface area contributed by atoms with Crippen molar-refractivity contribution in [2.24, 2.45) is 0 Å².